The summed E-state index contributed by atoms with van der Waals surface area (Å²) in [5, 5.41) is 22.0. The largest absolute Gasteiger partial charge is 0.497 e. The van der Waals surface area contributed by atoms with Gasteiger partial charge in [0, 0.05) is 12.1 Å². The second kappa shape index (κ2) is 5.28. The van der Waals surface area contributed by atoms with Crippen LogP contribution in [0.5, 0.6) is 5.75 Å². The minimum absolute atomic E-state index is 0.0968. The Morgan fingerprint density at radius 2 is 2.19 bits per heavy atom. The number of anilines is 1. The summed E-state index contributed by atoms with van der Waals surface area (Å²) in [5.41, 5.74) is 1.18. The summed E-state index contributed by atoms with van der Waals surface area (Å²) in [5.74, 6) is 0.212. The molecule has 2 fully saturated rings. The third-order valence-electron chi connectivity index (χ3n) is 4.87. The van der Waals surface area contributed by atoms with Gasteiger partial charge in [-0.15, -0.1) is 0 Å². The van der Waals surface area contributed by atoms with Crippen LogP contribution in [0.25, 0.3) is 0 Å². The molecular weight excluding hydrogens is 268 g/mol. The lowest BCUT2D eigenvalue weighted by molar-refractivity contribution is -0.143. The third kappa shape index (κ3) is 2.31. The van der Waals surface area contributed by atoms with E-state index >= 15 is 0 Å². The highest BCUT2D eigenvalue weighted by Gasteiger charge is 2.51. The van der Waals surface area contributed by atoms with E-state index in [2.05, 4.69) is 11.4 Å². The minimum atomic E-state index is -0.735. The number of methoxy groups -OCH3 is 1. The SMILES string of the molecule is COc1ccc(C#N)c(NC2C3CCC(C3)C2C(=O)O)c1. The van der Waals surface area contributed by atoms with E-state index in [1.165, 1.54) is 0 Å². The summed E-state index contributed by atoms with van der Waals surface area (Å²) in [4.78, 5) is 11.5. The second-order valence-corrected chi connectivity index (χ2v) is 5.89. The Morgan fingerprint density at radius 1 is 1.43 bits per heavy atom. The van der Waals surface area contributed by atoms with E-state index in [4.69, 9.17) is 4.74 Å². The first-order valence-corrected chi connectivity index (χ1v) is 7.21. The maximum Gasteiger partial charge on any atom is 0.308 e. The molecule has 5 heteroatoms. The fraction of sp³-hybridized carbons (Fsp3) is 0.500. The highest BCUT2D eigenvalue weighted by Crippen LogP contribution is 2.49. The van der Waals surface area contributed by atoms with Crippen molar-refractivity contribution >= 4 is 11.7 Å². The number of ether oxygens (including phenoxy) is 1. The van der Waals surface area contributed by atoms with Crippen LogP contribution in [0.1, 0.15) is 24.8 Å². The Labute approximate surface area is 123 Å². The molecule has 0 aromatic heterocycles. The molecule has 5 nitrogen and oxygen atoms in total. The summed E-state index contributed by atoms with van der Waals surface area (Å²) in [7, 11) is 1.57. The van der Waals surface area contributed by atoms with Crippen LogP contribution in [0.15, 0.2) is 18.2 Å². The standard InChI is InChI=1S/C16H18N2O3/c1-21-12-5-4-11(8-17)13(7-12)18-15-10-3-2-9(6-10)14(15)16(19)20/h4-5,7,9-10,14-15,18H,2-3,6H2,1H3,(H,19,20). The molecule has 4 atom stereocenters. The summed E-state index contributed by atoms with van der Waals surface area (Å²) in [6.45, 7) is 0. The number of hydrogen-bond donors (Lipinski definition) is 2. The molecule has 2 bridgehead atoms. The molecule has 110 valence electrons. The Morgan fingerprint density at radius 3 is 2.86 bits per heavy atom. The molecule has 0 radical (unpaired) electrons. The fourth-order valence-electron chi connectivity index (χ4n) is 3.90. The van der Waals surface area contributed by atoms with E-state index in [1.54, 1.807) is 25.3 Å². The molecule has 2 saturated carbocycles. The highest BCUT2D eigenvalue weighted by atomic mass is 16.5. The first-order valence-electron chi connectivity index (χ1n) is 7.21. The van der Waals surface area contributed by atoms with Crippen molar-refractivity contribution in [1.29, 1.82) is 5.26 Å². The Hall–Kier alpha value is -2.22. The van der Waals surface area contributed by atoms with Crippen molar-refractivity contribution in [3.63, 3.8) is 0 Å². The number of carboxylic acid groups (broad SMARTS) is 1. The van der Waals surface area contributed by atoms with Crippen LogP contribution < -0.4 is 10.1 Å². The predicted octanol–water partition coefficient (Wildman–Crippen LogP) is 2.48. The molecule has 2 N–H and O–H groups in total. The van der Waals surface area contributed by atoms with E-state index < -0.39 is 5.97 Å². The smallest absolute Gasteiger partial charge is 0.308 e. The van der Waals surface area contributed by atoms with Crippen LogP contribution >= 0.6 is 0 Å². The van der Waals surface area contributed by atoms with Gasteiger partial charge in [-0.05, 0) is 43.2 Å². The highest BCUT2D eigenvalue weighted by molar-refractivity contribution is 5.74. The number of rotatable bonds is 4. The van der Waals surface area contributed by atoms with Gasteiger partial charge in [-0.2, -0.15) is 5.26 Å². The zero-order valence-corrected chi connectivity index (χ0v) is 11.9. The lowest BCUT2D eigenvalue weighted by Gasteiger charge is -2.30. The van der Waals surface area contributed by atoms with Crippen LogP contribution in [0.3, 0.4) is 0 Å². The lowest BCUT2D eigenvalue weighted by atomic mass is 9.84. The normalized spacial score (nSPS) is 29.9. The van der Waals surface area contributed by atoms with Crippen LogP contribution in [-0.2, 0) is 4.79 Å². The number of carboxylic acids is 1. The van der Waals surface area contributed by atoms with Crippen molar-refractivity contribution in [2.45, 2.75) is 25.3 Å². The summed E-state index contributed by atoms with van der Waals surface area (Å²) in [6.07, 6.45) is 3.04. The molecule has 4 unspecified atom stereocenters. The van der Waals surface area contributed by atoms with Gasteiger partial charge in [0.1, 0.15) is 11.8 Å². The monoisotopic (exact) mass is 286 g/mol. The molecule has 2 aliphatic rings. The number of nitrogens with one attached hydrogen (secondary N) is 1. The van der Waals surface area contributed by atoms with E-state index in [0.717, 1.165) is 19.3 Å². The van der Waals surface area contributed by atoms with E-state index in [0.29, 0.717) is 22.9 Å². The van der Waals surface area contributed by atoms with Gasteiger partial charge in [-0.1, -0.05) is 0 Å². The predicted molar refractivity (Wildman–Crippen MR) is 77.1 cm³/mol. The zero-order chi connectivity index (χ0) is 15.0. The molecule has 0 spiro atoms. The van der Waals surface area contributed by atoms with Crippen molar-refractivity contribution in [3.05, 3.63) is 23.8 Å². The zero-order valence-electron chi connectivity index (χ0n) is 11.9. The van der Waals surface area contributed by atoms with Gasteiger partial charge < -0.3 is 15.2 Å². The summed E-state index contributed by atoms with van der Waals surface area (Å²) in [6, 6.07) is 7.25. The molecule has 1 aromatic rings. The molecule has 0 aliphatic heterocycles. The number of nitrogens with zero attached hydrogens (tertiary/aromatic N) is 1. The van der Waals surface area contributed by atoms with Gasteiger partial charge in [-0.3, -0.25) is 4.79 Å². The lowest BCUT2D eigenvalue weighted by Crippen LogP contribution is -2.39. The maximum atomic E-state index is 11.5. The molecule has 21 heavy (non-hydrogen) atoms. The number of benzene rings is 1. The van der Waals surface area contributed by atoms with Crippen LogP contribution in [0, 0.1) is 29.1 Å². The van der Waals surface area contributed by atoms with Gasteiger partial charge in [0.2, 0.25) is 0 Å². The molecule has 0 heterocycles. The van der Waals surface area contributed by atoms with Gasteiger partial charge in [0.15, 0.2) is 0 Å². The third-order valence-corrected chi connectivity index (χ3v) is 4.87. The van der Waals surface area contributed by atoms with Crippen molar-refractivity contribution in [2.75, 3.05) is 12.4 Å². The van der Waals surface area contributed by atoms with Crippen LogP contribution in [0.2, 0.25) is 0 Å². The van der Waals surface area contributed by atoms with Gasteiger partial charge in [0.05, 0.1) is 24.3 Å². The Kier molecular flexibility index (Phi) is 3.46. The molecule has 0 amide bonds. The average Bonchev–Trinajstić information content (AvgIpc) is 3.08. The van der Waals surface area contributed by atoms with E-state index in [1.807, 2.05) is 0 Å². The molecular formula is C16H18N2O3. The van der Waals surface area contributed by atoms with Crippen molar-refractivity contribution in [1.82, 2.24) is 0 Å². The minimum Gasteiger partial charge on any atom is -0.497 e. The summed E-state index contributed by atoms with van der Waals surface area (Å²) < 4.78 is 5.19. The average molecular weight is 286 g/mol. The Bertz CT molecular complexity index is 608. The van der Waals surface area contributed by atoms with Crippen LogP contribution in [0.4, 0.5) is 5.69 Å². The quantitative estimate of drug-likeness (QED) is 0.888. The number of fused-ring (bicyclic) bond motifs is 2. The number of carbonyl (C=O) groups is 1. The molecule has 0 saturated heterocycles. The van der Waals surface area contributed by atoms with Crippen molar-refractivity contribution < 1.29 is 14.6 Å². The first kappa shape index (κ1) is 13.7. The van der Waals surface area contributed by atoms with Gasteiger partial charge in [-0.25, -0.2) is 0 Å². The van der Waals surface area contributed by atoms with Crippen molar-refractivity contribution in [2.24, 2.45) is 17.8 Å². The molecule has 1 aromatic carbocycles. The van der Waals surface area contributed by atoms with E-state index in [9.17, 15) is 15.2 Å². The maximum absolute atomic E-state index is 11.5. The Balaban J connectivity index is 1.89. The molecule has 3 rings (SSSR count). The number of nitriles is 1. The topological polar surface area (TPSA) is 82.3 Å². The fourth-order valence-corrected chi connectivity index (χ4v) is 3.90. The number of aliphatic carboxylic acids is 1. The second-order valence-electron chi connectivity index (χ2n) is 5.89. The summed E-state index contributed by atoms with van der Waals surface area (Å²) >= 11 is 0. The van der Waals surface area contributed by atoms with Crippen molar-refractivity contribution in [3.8, 4) is 11.8 Å². The first-order chi connectivity index (χ1) is 10.1. The van der Waals surface area contributed by atoms with Gasteiger partial charge >= 0.3 is 5.97 Å². The van der Waals surface area contributed by atoms with E-state index in [-0.39, 0.29) is 17.9 Å². The molecule has 2 aliphatic carbocycles. The van der Waals surface area contributed by atoms with Crippen LogP contribution in [-0.4, -0.2) is 24.2 Å². The van der Waals surface area contributed by atoms with Gasteiger partial charge in [0.25, 0.3) is 0 Å². The number of hydrogen-bond acceptors (Lipinski definition) is 4.